The molecule has 0 aromatic heterocycles. The van der Waals surface area contributed by atoms with Crippen molar-refractivity contribution in [2.45, 2.75) is 13.3 Å². The Kier molecular flexibility index (Phi) is 8.16. The summed E-state index contributed by atoms with van der Waals surface area (Å²) in [6.45, 7) is 3.35. The lowest BCUT2D eigenvalue weighted by molar-refractivity contribution is -0.128. The molecule has 0 unspecified atom stereocenters. The van der Waals surface area contributed by atoms with Crippen LogP contribution in [0.25, 0.3) is 0 Å². The number of amides is 1. The number of hydrogen-bond donors (Lipinski definition) is 1. The number of para-hydroxylation sites is 1. The Morgan fingerprint density at radius 1 is 1.39 bits per heavy atom. The van der Waals surface area contributed by atoms with Gasteiger partial charge in [-0.2, -0.15) is 0 Å². The van der Waals surface area contributed by atoms with Crippen LogP contribution in [0.1, 0.15) is 12.0 Å². The average Bonchev–Trinajstić information content (AvgIpc) is 2.35. The van der Waals surface area contributed by atoms with Gasteiger partial charge in [-0.05, 0) is 25.0 Å². The van der Waals surface area contributed by atoms with Crippen molar-refractivity contribution in [3.63, 3.8) is 0 Å². The Bertz CT molecular complexity index is 372. The number of carbonyl (C=O) groups is 1. The van der Waals surface area contributed by atoms with Crippen molar-refractivity contribution in [1.29, 1.82) is 0 Å². The molecule has 5 heteroatoms. The van der Waals surface area contributed by atoms with Gasteiger partial charge >= 0.3 is 0 Å². The number of carbonyl (C=O) groups excluding carboxylic acids is 1. The van der Waals surface area contributed by atoms with Gasteiger partial charge in [-0.25, -0.2) is 0 Å². The normalized spacial score (nSPS) is 9.50. The molecule has 0 atom stereocenters. The van der Waals surface area contributed by atoms with Crippen LogP contribution >= 0.6 is 12.4 Å². The van der Waals surface area contributed by atoms with Gasteiger partial charge in [0.2, 0.25) is 5.91 Å². The van der Waals surface area contributed by atoms with Crippen LogP contribution in [-0.4, -0.2) is 37.6 Å². The molecule has 0 aliphatic carbocycles. The highest BCUT2D eigenvalue weighted by Gasteiger charge is 2.05. The minimum absolute atomic E-state index is 0. The van der Waals surface area contributed by atoms with E-state index in [1.54, 1.807) is 11.9 Å². The first-order valence-corrected chi connectivity index (χ1v) is 5.77. The minimum Gasteiger partial charge on any atom is -0.493 e. The number of halogens is 1. The van der Waals surface area contributed by atoms with Crippen LogP contribution in [0.4, 0.5) is 0 Å². The lowest BCUT2D eigenvalue weighted by Gasteiger charge is -2.16. The number of ether oxygens (including phenoxy) is 1. The number of rotatable bonds is 6. The molecule has 1 rings (SSSR count). The molecule has 0 bridgehead atoms. The second-order valence-corrected chi connectivity index (χ2v) is 3.99. The van der Waals surface area contributed by atoms with Gasteiger partial charge in [-0.15, -0.1) is 12.4 Å². The second kappa shape index (κ2) is 8.78. The number of aryl methyl sites for hydroxylation is 1. The molecular weight excluding hydrogens is 252 g/mol. The molecule has 18 heavy (non-hydrogen) atoms. The van der Waals surface area contributed by atoms with E-state index < -0.39 is 0 Å². The largest absolute Gasteiger partial charge is 0.493 e. The molecule has 0 heterocycles. The molecule has 0 saturated heterocycles. The molecule has 0 saturated carbocycles. The maximum absolute atomic E-state index is 11.2. The number of nitrogens with two attached hydrogens (primary N) is 1. The van der Waals surface area contributed by atoms with Crippen LogP contribution in [0.3, 0.4) is 0 Å². The Hall–Kier alpha value is -1.26. The fourth-order valence-electron chi connectivity index (χ4n) is 1.48. The van der Waals surface area contributed by atoms with E-state index in [1.165, 1.54) is 0 Å². The molecule has 0 aliphatic rings. The van der Waals surface area contributed by atoms with E-state index in [1.807, 2.05) is 31.2 Å². The van der Waals surface area contributed by atoms with Crippen molar-refractivity contribution < 1.29 is 9.53 Å². The summed E-state index contributed by atoms with van der Waals surface area (Å²) >= 11 is 0. The second-order valence-electron chi connectivity index (χ2n) is 3.99. The maximum Gasteiger partial charge on any atom is 0.236 e. The van der Waals surface area contributed by atoms with Crippen LogP contribution in [0.15, 0.2) is 24.3 Å². The zero-order valence-electron chi connectivity index (χ0n) is 10.9. The van der Waals surface area contributed by atoms with Crippen molar-refractivity contribution in [2.75, 3.05) is 26.7 Å². The van der Waals surface area contributed by atoms with E-state index in [0.29, 0.717) is 13.2 Å². The highest BCUT2D eigenvalue weighted by atomic mass is 35.5. The maximum atomic E-state index is 11.2. The van der Waals surface area contributed by atoms with E-state index in [4.69, 9.17) is 10.5 Å². The molecule has 0 radical (unpaired) electrons. The van der Waals surface area contributed by atoms with Crippen molar-refractivity contribution >= 4 is 18.3 Å². The fourth-order valence-corrected chi connectivity index (χ4v) is 1.48. The minimum atomic E-state index is -0.0408. The number of nitrogens with zero attached hydrogens (tertiary/aromatic N) is 1. The summed E-state index contributed by atoms with van der Waals surface area (Å²) in [5, 5.41) is 0. The fraction of sp³-hybridized carbons (Fsp3) is 0.462. The van der Waals surface area contributed by atoms with Crippen LogP contribution in [0.5, 0.6) is 5.75 Å². The third kappa shape index (κ3) is 5.38. The lowest BCUT2D eigenvalue weighted by Crippen LogP contribution is -2.33. The average molecular weight is 273 g/mol. The zero-order chi connectivity index (χ0) is 12.7. The van der Waals surface area contributed by atoms with Crippen LogP contribution in [-0.2, 0) is 4.79 Å². The lowest BCUT2D eigenvalue weighted by atomic mass is 10.2. The predicted octanol–water partition coefficient (Wildman–Crippen LogP) is 1.60. The quantitative estimate of drug-likeness (QED) is 0.801. The highest BCUT2D eigenvalue weighted by Crippen LogP contribution is 2.16. The van der Waals surface area contributed by atoms with E-state index in [9.17, 15) is 4.79 Å². The first-order valence-electron chi connectivity index (χ1n) is 5.77. The van der Waals surface area contributed by atoms with E-state index in [-0.39, 0.29) is 24.9 Å². The zero-order valence-corrected chi connectivity index (χ0v) is 11.7. The summed E-state index contributed by atoms with van der Waals surface area (Å²) < 4.78 is 5.63. The topological polar surface area (TPSA) is 55.6 Å². The van der Waals surface area contributed by atoms with Gasteiger partial charge in [0.05, 0.1) is 13.2 Å². The van der Waals surface area contributed by atoms with Crippen LogP contribution < -0.4 is 10.5 Å². The third-order valence-electron chi connectivity index (χ3n) is 2.59. The van der Waals surface area contributed by atoms with Crippen molar-refractivity contribution in [2.24, 2.45) is 5.73 Å². The summed E-state index contributed by atoms with van der Waals surface area (Å²) in [6.07, 6.45) is 0.802. The van der Waals surface area contributed by atoms with Gasteiger partial charge < -0.3 is 15.4 Å². The molecule has 4 nitrogen and oxygen atoms in total. The third-order valence-corrected chi connectivity index (χ3v) is 2.59. The van der Waals surface area contributed by atoms with E-state index in [2.05, 4.69) is 0 Å². The summed E-state index contributed by atoms with van der Waals surface area (Å²) in [7, 11) is 1.75. The van der Waals surface area contributed by atoms with Crippen LogP contribution in [0.2, 0.25) is 0 Å². The van der Waals surface area contributed by atoms with Gasteiger partial charge in [-0.1, -0.05) is 18.2 Å². The first-order chi connectivity index (χ1) is 8.15. The van der Waals surface area contributed by atoms with E-state index in [0.717, 1.165) is 17.7 Å². The van der Waals surface area contributed by atoms with Gasteiger partial charge in [0, 0.05) is 13.6 Å². The Balaban J connectivity index is 0.00000289. The summed E-state index contributed by atoms with van der Waals surface area (Å²) in [5.74, 6) is 0.862. The summed E-state index contributed by atoms with van der Waals surface area (Å²) in [4.78, 5) is 12.8. The van der Waals surface area contributed by atoms with Crippen LogP contribution in [0, 0.1) is 6.92 Å². The first kappa shape index (κ1) is 16.7. The van der Waals surface area contributed by atoms with Gasteiger partial charge in [0.15, 0.2) is 0 Å². The molecular formula is C13H21ClN2O2. The van der Waals surface area contributed by atoms with Crippen molar-refractivity contribution in [3.05, 3.63) is 29.8 Å². The number of benzene rings is 1. The van der Waals surface area contributed by atoms with Gasteiger partial charge in [0.25, 0.3) is 0 Å². The molecule has 1 aromatic rings. The number of hydrogen-bond acceptors (Lipinski definition) is 3. The molecule has 1 amide bonds. The Morgan fingerprint density at radius 2 is 2.06 bits per heavy atom. The summed E-state index contributed by atoms with van der Waals surface area (Å²) in [6, 6.07) is 7.89. The highest BCUT2D eigenvalue weighted by molar-refractivity contribution is 5.85. The molecule has 0 aliphatic heterocycles. The van der Waals surface area contributed by atoms with Gasteiger partial charge in [-0.3, -0.25) is 4.79 Å². The molecule has 2 N–H and O–H groups in total. The molecule has 1 aromatic carbocycles. The van der Waals surface area contributed by atoms with Crippen molar-refractivity contribution in [1.82, 2.24) is 4.90 Å². The number of likely N-dealkylation sites (N-methyl/N-ethyl adjacent to an activating group) is 1. The van der Waals surface area contributed by atoms with E-state index >= 15 is 0 Å². The molecule has 0 fully saturated rings. The predicted molar refractivity (Wildman–Crippen MR) is 75.2 cm³/mol. The Morgan fingerprint density at radius 3 is 2.67 bits per heavy atom. The summed E-state index contributed by atoms with van der Waals surface area (Å²) in [5.41, 5.74) is 6.39. The standard InChI is InChI=1S/C13H20N2O2.ClH/c1-11-6-3-4-7-12(11)17-9-5-8-15(2)13(16)10-14;/h3-4,6-7H,5,8-10,14H2,1-2H3;1H. The molecule has 102 valence electrons. The van der Waals surface area contributed by atoms with Crippen molar-refractivity contribution in [3.8, 4) is 5.75 Å². The SMILES string of the molecule is Cc1ccccc1OCCCN(C)C(=O)CN.Cl. The Labute approximate surface area is 115 Å². The monoisotopic (exact) mass is 272 g/mol. The smallest absolute Gasteiger partial charge is 0.236 e. The molecule has 0 spiro atoms. The van der Waals surface area contributed by atoms with Gasteiger partial charge in [0.1, 0.15) is 5.75 Å².